The lowest BCUT2D eigenvalue weighted by Gasteiger charge is -2.17. The normalized spacial score (nSPS) is 11.9. The lowest BCUT2D eigenvalue weighted by Crippen LogP contribution is -2.31. The van der Waals surface area contributed by atoms with E-state index in [2.05, 4.69) is 15.3 Å². The molecule has 0 saturated heterocycles. The molecular weight excluding hydrogens is 368 g/mol. The minimum Gasteiger partial charge on any atom is -0.342 e. The molecule has 0 fully saturated rings. The van der Waals surface area contributed by atoms with Gasteiger partial charge in [-0.3, -0.25) is 14.9 Å². The number of carbonyl (C=O) groups excluding carboxylic acids is 1. The summed E-state index contributed by atoms with van der Waals surface area (Å²) in [4.78, 5) is 31.5. The SMILES string of the molecule is O=C(N[C@@H](Cc1ccccc1)c1nc2ccccc2[nH]1)c1ccccc1[N+](=O)[O-]. The van der Waals surface area contributed by atoms with Crippen LogP contribution in [0.1, 0.15) is 27.8 Å². The highest BCUT2D eigenvalue weighted by atomic mass is 16.6. The van der Waals surface area contributed by atoms with Gasteiger partial charge in [0.1, 0.15) is 11.4 Å². The van der Waals surface area contributed by atoms with Gasteiger partial charge in [0.05, 0.1) is 22.0 Å². The van der Waals surface area contributed by atoms with E-state index >= 15 is 0 Å². The average Bonchev–Trinajstić information content (AvgIpc) is 3.18. The summed E-state index contributed by atoms with van der Waals surface area (Å²) in [7, 11) is 0. The monoisotopic (exact) mass is 386 g/mol. The molecule has 0 aliphatic rings. The Balaban J connectivity index is 1.68. The molecule has 7 nitrogen and oxygen atoms in total. The molecule has 0 aliphatic heterocycles. The molecular formula is C22H18N4O3. The summed E-state index contributed by atoms with van der Waals surface area (Å²) in [5, 5.41) is 14.2. The first-order valence-corrected chi connectivity index (χ1v) is 9.14. The van der Waals surface area contributed by atoms with Crippen molar-refractivity contribution in [2.75, 3.05) is 0 Å². The number of nitrogens with zero attached hydrogens (tertiary/aromatic N) is 2. The highest BCUT2D eigenvalue weighted by molar-refractivity contribution is 5.98. The third-order valence-corrected chi connectivity index (χ3v) is 4.67. The highest BCUT2D eigenvalue weighted by Gasteiger charge is 2.24. The zero-order valence-electron chi connectivity index (χ0n) is 15.4. The fourth-order valence-electron chi connectivity index (χ4n) is 3.26. The molecule has 144 valence electrons. The summed E-state index contributed by atoms with van der Waals surface area (Å²) in [6.45, 7) is 0. The van der Waals surface area contributed by atoms with Gasteiger partial charge in [-0.25, -0.2) is 4.98 Å². The van der Waals surface area contributed by atoms with E-state index in [1.807, 2.05) is 54.6 Å². The second kappa shape index (κ2) is 7.93. The number of para-hydroxylation sites is 3. The number of nitro groups is 1. The van der Waals surface area contributed by atoms with Crippen molar-refractivity contribution in [3.05, 3.63) is 106 Å². The number of nitrogens with one attached hydrogen (secondary N) is 2. The molecule has 0 radical (unpaired) electrons. The Labute approximate surface area is 166 Å². The quantitative estimate of drug-likeness (QED) is 0.383. The molecule has 4 rings (SSSR count). The number of amides is 1. The lowest BCUT2D eigenvalue weighted by molar-refractivity contribution is -0.385. The Hall–Kier alpha value is -4.00. The molecule has 7 heteroatoms. The molecule has 3 aromatic carbocycles. The van der Waals surface area contributed by atoms with Crippen LogP contribution in [0.3, 0.4) is 0 Å². The fourth-order valence-corrected chi connectivity index (χ4v) is 3.26. The van der Waals surface area contributed by atoms with Crippen molar-refractivity contribution in [3.8, 4) is 0 Å². The third kappa shape index (κ3) is 3.98. The topological polar surface area (TPSA) is 101 Å². The zero-order valence-corrected chi connectivity index (χ0v) is 15.4. The molecule has 1 atom stereocenters. The van der Waals surface area contributed by atoms with Crippen LogP contribution < -0.4 is 5.32 Å². The van der Waals surface area contributed by atoms with Gasteiger partial charge in [0.25, 0.3) is 11.6 Å². The van der Waals surface area contributed by atoms with Crippen molar-refractivity contribution in [3.63, 3.8) is 0 Å². The van der Waals surface area contributed by atoms with Gasteiger partial charge in [-0.05, 0) is 30.2 Å². The summed E-state index contributed by atoms with van der Waals surface area (Å²) in [6, 6.07) is 22.7. The predicted molar refractivity (Wildman–Crippen MR) is 110 cm³/mol. The van der Waals surface area contributed by atoms with Gasteiger partial charge in [-0.2, -0.15) is 0 Å². The van der Waals surface area contributed by atoms with Crippen LogP contribution in [0, 0.1) is 10.1 Å². The van der Waals surface area contributed by atoms with Crippen LogP contribution >= 0.6 is 0 Å². The van der Waals surface area contributed by atoms with E-state index in [1.165, 1.54) is 18.2 Å². The Bertz CT molecular complexity index is 1140. The van der Waals surface area contributed by atoms with Crippen LogP contribution in [0.4, 0.5) is 5.69 Å². The molecule has 0 unspecified atom stereocenters. The number of hydrogen-bond acceptors (Lipinski definition) is 4. The van der Waals surface area contributed by atoms with Crippen molar-refractivity contribution in [1.82, 2.24) is 15.3 Å². The lowest BCUT2D eigenvalue weighted by atomic mass is 10.0. The predicted octanol–water partition coefficient (Wildman–Crippen LogP) is 4.18. The van der Waals surface area contributed by atoms with Gasteiger partial charge < -0.3 is 10.3 Å². The van der Waals surface area contributed by atoms with E-state index in [0.717, 1.165) is 16.6 Å². The Morgan fingerprint density at radius 1 is 1.00 bits per heavy atom. The van der Waals surface area contributed by atoms with Crippen LogP contribution in [0.2, 0.25) is 0 Å². The summed E-state index contributed by atoms with van der Waals surface area (Å²) in [5.41, 5.74) is 2.46. The Kier molecular flexibility index (Phi) is 5.03. The van der Waals surface area contributed by atoms with E-state index in [0.29, 0.717) is 12.2 Å². The summed E-state index contributed by atoms with van der Waals surface area (Å²) >= 11 is 0. The molecule has 29 heavy (non-hydrogen) atoms. The van der Waals surface area contributed by atoms with Crippen molar-refractivity contribution < 1.29 is 9.72 Å². The van der Waals surface area contributed by atoms with Crippen LogP contribution in [0.15, 0.2) is 78.9 Å². The van der Waals surface area contributed by atoms with Crippen LogP contribution in [0.25, 0.3) is 11.0 Å². The number of aromatic amines is 1. The summed E-state index contributed by atoms with van der Waals surface area (Å²) in [5.74, 6) is 0.0840. The summed E-state index contributed by atoms with van der Waals surface area (Å²) < 4.78 is 0. The molecule has 1 amide bonds. The standard InChI is InChI=1S/C22H18N4O3/c27-22(16-10-4-7-13-20(16)26(28)29)25-19(14-15-8-2-1-3-9-15)21-23-17-11-5-6-12-18(17)24-21/h1-13,19H,14H2,(H,23,24)(H,25,27)/t19-/m0/s1. The van der Waals surface area contributed by atoms with E-state index in [4.69, 9.17) is 0 Å². The molecule has 0 bridgehead atoms. The maximum absolute atomic E-state index is 12.9. The van der Waals surface area contributed by atoms with Crippen LogP contribution in [-0.4, -0.2) is 20.8 Å². The van der Waals surface area contributed by atoms with Crippen LogP contribution in [0.5, 0.6) is 0 Å². The first-order chi connectivity index (χ1) is 14.1. The molecule has 1 aromatic heterocycles. The number of rotatable bonds is 6. The minimum atomic E-state index is -0.553. The first kappa shape index (κ1) is 18.4. The van der Waals surface area contributed by atoms with E-state index in [9.17, 15) is 14.9 Å². The maximum atomic E-state index is 12.9. The van der Waals surface area contributed by atoms with Gasteiger partial charge in [0.15, 0.2) is 0 Å². The summed E-state index contributed by atoms with van der Waals surface area (Å²) in [6.07, 6.45) is 0.493. The molecule has 0 saturated carbocycles. The molecule has 2 N–H and O–H groups in total. The number of nitro benzene ring substituents is 1. The van der Waals surface area contributed by atoms with Crippen molar-refractivity contribution in [2.45, 2.75) is 12.5 Å². The zero-order chi connectivity index (χ0) is 20.2. The minimum absolute atomic E-state index is 0.0201. The van der Waals surface area contributed by atoms with Gasteiger partial charge in [-0.15, -0.1) is 0 Å². The first-order valence-electron chi connectivity index (χ1n) is 9.14. The number of aromatic nitrogens is 2. The van der Waals surface area contributed by atoms with Gasteiger partial charge in [0.2, 0.25) is 0 Å². The molecule has 0 spiro atoms. The molecule has 4 aromatic rings. The Morgan fingerprint density at radius 2 is 1.69 bits per heavy atom. The Morgan fingerprint density at radius 3 is 2.45 bits per heavy atom. The van der Waals surface area contributed by atoms with Crippen molar-refractivity contribution in [2.24, 2.45) is 0 Å². The second-order valence-corrected chi connectivity index (χ2v) is 6.63. The third-order valence-electron chi connectivity index (χ3n) is 4.67. The van der Waals surface area contributed by atoms with Crippen molar-refractivity contribution >= 4 is 22.6 Å². The van der Waals surface area contributed by atoms with E-state index in [-0.39, 0.29) is 11.3 Å². The van der Waals surface area contributed by atoms with Gasteiger partial charge in [0, 0.05) is 6.07 Å². The van der Waals surface area contributed by atoms with Gasteiger partial charge in [-0.1, -0.05) is 54.6 Å². The van der Waals surface area contributed by atoms with E-state index in [1.54, 1.807) is 6.07 Å². The maximum Gasteiger partial charge on any atom is 0.282 e. The fraction of sp³-hybridized carbons (Fsp3) is 0.0909. The van der Waals surface area contributed by atoms with Crippen LogP contribution in [-0.2, 0) is 6.42 Å². The number of carbonyl (C=O) groups is 1. The average molecular weight is 386 g/mol. The largest absolute Gasteiger partial charge is 0.342 e. The second-order valence-electron chi connectivity index (χ2n) is 6.63. The number of fused-ring (bicyclic) bond motifs is 1. The van der Waals surface area contributed by atoms with Gasteiger partial charge >= 0.3 is 0 Å². The number of imidazole rings is 1. The molecule has 0 aliphatic carbocycles. The number of H-pyrrole nitrogens is 1. The smallest absolute Gasteiger partial charge is 0.282 e. The van der Waals surface area contributed by atoms with Crippen molar-refractivity contribution in [1.29, 1.82) is 0 Å². The molecule has 1 heterocycles. The van der Waals surface area contributed by atoms with E-state index < -0.39 is 16.9 Å². The number of benzene rings is 3. The number of hydrogen-bond donors (Lipinski definition) is 2. The highest BCUT2D eigenvalue weighted by Crippen LogP contribution is 2.23.